The van der Waals surface area contributed by atoms with Crippen LogP contribution in [0.1, 0.15) is 19.4 Å². The lowest BCUT2D eigenvalue weighted by atomic mass is 10.00. The number of amides is 2. The molecule has 5 nitrogen and oxygen atoms in total. The fourth-order valence-corrected chi connectivity index (χ4v) is 2.21. The first-order valence-corrected chi connectivity index (χ1v) is 6.26. The Kier molecular flexibility index (Phi) is 3.57. The third-order valence-corrected chi connectivity index (χ3v) is 3.69. The summed E-state index contributed by atoms with van der Waals surface area (Å²) in [6.07, 6.45) is 0. The van der Waals surface area contributed by atoms with E-state index in [1.54, 1.807) is 32.0 Å². The van der Waals surface area contributed by atoms with E-state index in [2.05, 4.69) is 0 Å². The lowest BCUT2D eigenvalue weighted by Gasteiger charge is -2.18. The van der Waals surface area contributed by atoms with Crippen LogP contribution in [-0.4, -0.2) is 18.9 Å². The summed E-state index contributed by atoms with van der Waals surface area (Å²) in [4.78, 5) is 25.6. The predicted octanol–water partition coefficient (Wildman–Crippen LogP) is 1.30. The van der Waals surface area contributed by atoms with Gasteiger partial charge in [-0.1, -0.05) is 19.9 Å². The number of methoxy groups -OCH3 is 1. The molecule has 2 unspecified atom stereocenters. The molecule has 102 valence electrons. The summed E-state index contributed by atoms with van der Waals surface area (Å²) in [6, 6.07) is 5.26. The Morgan fingerprint density at radius 1 is 1.21 bits per heavy atom. The molecule has 0 aliphatic carbocycles. The molecular weight excluding hydrogens is 244 g/mol. The highest BCUT2D eigenvalue weighted by Crippen LogP contribution is 2.36. The zero-order chi connectivity index (χ0) is 14.2. The van der Waals surface area contributed by atoms with Gasteiger partial charge in [-0.25, -0.2) is 4.90 Å². The number of ether oxygens (including phenoxy) is 1. The summed E-state index contributed by atoms with van der Waals surface area (Å²) in [7, 11) is 1.51. The minimum Gasteiger partial charge on any atom is -0.495 e. The molecule has 1 fully saturated rings. The van der Waals surface area contributed by atoms with Crippen molar-refractivity contribution in [2.75, 3.05) is 12.0 Å². The first kappa shape index (κ1) is 13.5. The van der Waals surface area contributed by atoms with Gasteiger partial charge in [0, 0.05) is 18.4 Å². The van der Waals surface area contributed by atoms with Crippen LogP contribution in [0.2, 0.25) is 0 Å². The summed E-state index contributed by atoms with van der Waals surface area (Å²) < 4.78 is 5.27. The Labute approximate surface area is 112 Å². The van der Waals surface area contributed by atoms with Gasteiger partial charge in [0.1, 0.15) is 5.75 Å². The van der Waals surface area contributed by atoms with E-state index in [-0.39, 0.29) is 23.7 Å². The second kappa shape index (κ2) is 5.01. The SMILES string of the molecule is COc1cc(CN)ccc1N1C(=O)C(C)C(C)C1=O. The highest BCUT2D eigenvalue weighted by Gasteiger charge is 2.43. The highest BCUT2D eigenvalue weighted by atomic mass is 16.5. The maximum absolute atomic E-state index is 12.2. The first-order valence-electron chi connectivity index (χ1n) is 6.26. The Bertz CT molecular complexity index is 507. The van der Waals surface area contributed by atoms with Gasteiger partial charge in [-0.15, -0.1) is 0 Å². The number of benzene rings is 1. The fraction of sp³-hybridized carbons (Fsp3) is 0.429. The molecule has 0 radical (unpaired) electrons. The van der Waals surface area contributed by atoms with Crippen molar-refractivity contribution in [3.05, 3.63) is 23.8 Å². The van der Waals surface area contributed by atoms with Crippen LogP contribution < -0.4 is 15.4 Å². The monoisotopic (exact) mass is 262 g/mol. The number of carbonyl (C=O) groups excluding carboxylic acids is 2. The average Bonchev–Trinajstić information content (AvgIpc) is 2.62. The maximum Gasteiger partial charge on any atom is 0.237 e. The van der Waals surface area contributed by atoms with Crippen LogP contribution >= 0.6 is 0 Å². The number of hydrogen-bond donors (Lipinski definition) is 1. The van der Waals surface area contributed by atoms with Crippen molar-refractivity contribution in [2.45, 2.75) is 20.4 Å². The van der Waals surface area contributed by atoms with E-state index < -0.39 is 0 Å². The van der Waals surface area contributed by atoms with Gasteiger partial charge in [-0.2, -0.15) is 0 Å². The molecule has 2 N–H and O–H groups in total. The van der Waals surface area contributed by atoms with Gasteiger partial charge in [0.05, 0.1) is 12.8 Å². The summed E-state index contributed by atoms with van der Waals surface area (Å²) >= 11 is 0. The largest absolute Gasteiger partial charge is 0.495 e. The molecule has 1 aromatic rings. The van der Waals surface area contributed by atoms with Gasteiger partial charge in [-0.3, -0.25) is 9.59 Å². The third kappa shape index (κ3) is 2.10. The summed E-state index contributed by atoms with van der Waals surface area (Å²) in [6.45, 7) is 3.92. The van der Waals surface area contributed by atoms with Crippen molar-refractivity contribution < 1.29 is 14.3 Å². The van der Waals surface area contributed by atoms with Gasteiger partial charge in [0.2, 0.25) is 11.8 Å². The van der Waals surface area contributed by atoms with Crippen LogP contribution in [0.5, 0.6) is 5.75 Å². The van der Waals surface area contributed by atoms with E-state index >= 15 is 0 Å². The number of hydrogen-bond acceptors (Lipinski definition) is 4. The predicted molar refractivity (Wildman–Crippen MR) is 71.7 cm³/mol. The maximum atomic E-state index is 12.2. The van der Waals surface area contributed by atoms with Gasteiger partial charge in [0.15, 0.2) is 0 Å². The number of carbonyl (C=O) groups is 2. The molecule has 19 heavy (non-hydrogen) atoms. The molecule has 2 rings (SSSR count). The summed E-state index contributed by atoms with van der Waals surface area (Å²) in [5, 5.41) is 0. The smallest absolute Gasteiger partial charge is 0.237 e. The van der Waals surface area contributed by atoms with Crippen molar-refractivity contribution >= 4 is 17.5 Å². The highest BCUT2D eigenvalue weighted by molar-refractivity contribution is 6.22. The molecule has 5 heteroatoms. The van der Waals surface area contributed by atoms with Gasteiger partial charge < -0.3 is 10.5 Å². The van der Waals surface area contributed by atoms with Crippen LogP contribution in [-0.2, 0) is 16.1 Å². The van der Waals surface area contributed by atoms with Gasteiger partial charge >= 0.3 is 0 Å². The van der Waals surface area contributed by atoms with Crippen LogP contribution in [0.3, 0.4) is 0 Å². The fourth-order valence-electron chi connectivity index (χ4n) is 2.21. The van der Waals surface area contributed by atoms with E-state index in [4.69, 9.17) is 10.5 Å². The first-order chi connectivity index (χ1) is 9.01. The van der Waals surface area contributed by atoms with Crippen LogP contribution in [0.25, 0.3) is 0 Å². The minimum absolute atomic E-state index is 0.184. The van der Waals surface area contributed by atoms with E-state index in [1.165, 1.54) is 12.0 Å². The number of imide groups is 1. The Hall–Kier alpha value is -1.88. The molecular formula is C14H18N2O3. The van der Waals surface area contributed by atoms with Crippen molar-refractivity contribution in [3.8, 4) is 5.75 Å². The van der Waals surface area contributed by atoms with E-state index in [0.717, 1.165) is 5.56 Å². The van der Waals surface area contributed by atoms with Crippen molar-refractivity contribution in [2.24, 2.45) is 17.6 Å². The van der Waals surface area contributed by atoms with E-state index in [1.807, 2.05) is 0 Å². The number of nitrogens with zero attached hydrogens (tertiary/aromatic N) is 1. The molecule has 0 bridgehead atoms. The van der Waals surface area contributed by atoms with Crippen LogP contribution in [0, 0.1) is 11.8 Å². The summed E-state index contributed by atoms with van der Waals surface area (Å²) in [5.41, 5.74) is 6.95. The molecule has 1 aromatic carbocycles. The van der Waals surface area contributed by atoms with Crippen LogP contribution in [0.15, 0.2) is 18.2 Å². The van der Waals surface area contributed by atoms with Crippen molar-refractivity contribution in [1.82, 2.24) is 0 Å². The van der Waals surface area contributed by atoms with Gasteiger partial charge in [-0.05, 0) is 17.7 Å². The average molecular weight is 262 g/mol. The molecule has 2 amide bonds. The van der Waals surface area contributed by atoms with Gasteiger partial charge in [0.25, 0.3) is 0 Å². The quantitative estimate of drug-likeness (QED) is 0.833. The molecule has 2 atom stereocenters. The zero-order valence-electron chi connectivity index (χ0n) is 11.3. The second-order valence-corrected chi connectivity index (χ2v) is 4.80. The Balaban J connectivity index is 2.47. The molecule has 1 aliphatic rings. The van der Waals surface area contributed by atoms with E-state index in [9.17, 15) is 9.59 Å². The third-order valence-electron chi connectivity index (χ3n) is 3.69. The lowest BCUT2D eigenvalue weighted by molar-refractivity contribution is -0.122. The standard InChI is InChI=1S/C14H18N2O3/c1-8-9(2)14(18)16(13(8)17)11-5-4-10(7-15)6-12(11)19-3/h4-6,8-9H,7,15H2,1-3H3. The van der Waals surface area contributed by atoms with E-state index in [0.29, 0.717) is 18.0 Å². The topological polar surface area (TPSA) is 72.6 Å². The van der Waals surface area contributed by atoms with Crippen LogP contribution in [0.4, 0.5) is 5.69 Å². The number of rotatable bonds is 3. The molecule has 0 saturated carbocycles. The number of anilines is 1. The lowest BCUT2D eigenvalue weighted by Crippen LogP contribution is -2.31. The Morgan fingerprint density at radius 3 is 2.26 bits per heavy atom. The molecule has 1 aliphatic heterocycles. The number of nitrogens with two attached hydrogens (primary N) is 1. The van der Waals surface area contributed by atoms with Crippen molar-refractivity contribution in [1.29, 1.82) is 0 Å². The molecule has 0 aromatic heterocycles. The van der Waals surface area contributed by atoms with Crippen molar-refractivity contribution in [3.63, 3.8) is 0 Å². The normalized spacial score (nSPS) is 23.1. The molecule has 1 saturated heterocycles. The second-order valence-electron chi connectivity index (χ2n) is 4.80. The molecule has 1 heterocycles. The molecule has 0 spiro atoms. The zero-order valence-corrected chi connectivity index (χ0v) is 11.3. The minimum atomic E-state index is -0.300. The Morgan fingerprint density at radius 2 is 1.79 bits per heavy atom. The summed E-state index contributed by atoms with van der Waals surface area (Å²) in [5.74, 6) is -0.476.